The van der Waals surface area contributed by atoms with Gasteiger partial charge in [0.05, 0.1) is 18.3 Å². The molecule has 6 nitrogen and oxygen atoms in total. The number of amides is 1. The highest BCUT2D eigenvalue weighted by Gasteiger charge is 2.32. The third-order valence-electron chi connectivity index (χ3n) is 5.65. The zero-order valence-electron chi connectivity index (χ0n) is 16.1. The Hall–Kier alpha value is -2.77. The van der Waals surface area contributed by atoms with Crippen LogP contribution in [0.3, 0.4) is 0 Å². The van der Waals surface area contributed by atoms with Gasteiger partial charge in [0.2, 0.25) is 5.91 Å². The Kier molecular flexibility index (Phi) is 4.99. The van der Waals surface area contributed by atoms with Crippen LogP contribution in [0.5, 0.6) is 0 Å². The molecule has 148 valence electrons. The number of fused-ring (bicyclic) bond motifs is 1. The molecule has 3 aromatic rings. The number of anilines is 3. The summed E-state index contributed by atoms with van der Waals surface area (Å²) in [5.41, 5.74) is 3.38. The van der Waals surface area contributed by atoms with E-state index in [-0.39, 0.29) is 11.9 Å². The first-order chi connectivity index (χ1) is 14.3. The number of rotatable bonds is 5. The molecular formula is C22H23N5OS. The molecule has 0 spiro atoms. The van der Waals surface area contributed by atoms with Crippen LogP contribution in [-0.4, -0.2) is 40.4 Å². The average Bonchev–Trinajstić information content (AvgIpc) is 3.48. The Balaban J connectivity index is 1.27. The first-order valence-corrected chi connectivity index (χ1v) is 10.9. The van der Waals surface area contributed by atoms with E-state index < -0.39 is 0 Å². The molecule has 1 N–H and O–H groups in total. The molecule has 2 aromatic heterocycles. The quantitative estimate of drug-likeness (QED) is 0.695. The first-order valence-electron chi connectivity index (χ1n) is 10.0. The molecule has 29 heavy (non-hydrogen) atoms. The Morgan fingerprint density at radius 2 is 2.07 bits per heavy atom. The minimum atomic E-state index is 0.184. The molecule has 1 aromatic carbocycles. The molecule has 0 saturated carbocycles. The van der Waals surface area contributed by atoms with Crippen molar-refractivity contribution in [1.29, 1.82) is 0 Å². The van der Waals surface area contributed by atoms with Gasteiger partial charge in [0.15, 0.2) is 5.13 Å². The fourth-order valence-corrected chi connectivity index (χ4v) is 5.01. The van der Waals surface area contributed by atoms with Gasteiger partial charge >= 0.3 is 0 Å². The standard InChI is InChI=1S/C22H23N5OS/c28-21(27-13-10-16-6-1-2-7-18(16)27)14-26-12-5-8-19(26)17-15-29-22(24-17)25-20-9-3-4-11-23-20/h1-4,6-7,9,11,15,19H,5,8,10,12-14H2,(H,23,24,25). The molecule has 1 amide bonds. The van der Waals surface area contributed by atoms with Crippen molar-refractivity contribution in [2.75, 3.05) is 29.9 Å². The van der Waals surface area contributed by atoms with Gasteiger partial charge in [0, 0.05) is 23.8 Å². The first kappa shape index (κ1) is 18.3. The molecule has 1 atom stereocenters. The fourth-order valence-electron chi connectivity index (χ4n) is 4.25. The van der Waals surface area contributed by atoms with Gasteiger partial charge < -0.3 is 10.2 Å². The van der Waals surface area contributed by atoms with E-state index in [2.05, 4.69) is 32.7 Å². The molecule has 2 aliphatic heterocycles. The minimum absolute atomic E-state index is 0.184. The molecule has 1 unspecified atom stereocenters. The maximum Gasteiger partial charge on any atom is 0.241 e. The highest BCUT2D eigenvalue weighted by molar-refractivity contribution is 7.13. The number of pyridine rings is 1. The third kappa shape index (κ3) is 3.75. The predicted molar refractivity (Wildman–Crippen MR) is 116 cm³/mol. The van der Waals surface area contributed by atoms with Gasteiger partial charge in [-0.15, -0.1) is 11.3 Å². The second-order valence-electron chi connectivity index (χ2n) is 7.47. The lowest BCUT2D eigenvalue weighted by Crippen LogP contribution is -2.39. The van der Waals surface area contributed by atoms with E-state index in [0.29, 0.717) is 6.54 Å². The van der Waals surface area contributed by atoms with Crippen LogP contribution in [0.1, 0.15) is 30.1 Å². The molecule has 7 heteroatoms. The summed E-state index contributed by atoms with van der Waals surface area (Å²) in [4.78, 5) is 26.3. The topological polar surface area (TPSA) is 61.4 Å². The lowest BCUT2D eigenvalue weighted by molar-refractivity contribution is -0.119. The van der Waals surface area contributed by atoms with Crippen LogP contribution in [0.4, 0.5) is 16.6 Å². The second kappa shape index (κ2) is 7.93. The number of para-hydroxylation sites is 1. The summed E-state index contributed by atoms with van der Waals surface area (Å²) in [6.45, 7) is 2.16. The van der Waals surface area contributed by atoms with Crippen molar-refractivity contribution in [3.05, 3.63) is 65.3 Å². The normalized spacial score (nSPS) is 18.8. The van der Waals surface area contributed by atoms with Crippen molar-refractivity contribution < 1.29 is 4.79 Å². The predicted octanol–water partition coefficient (Wildman–Crippen LogP) is 4.01. The average molecular weight is 406 g/mol. The SMILES string of the molecule is O=C(CN1CCCC1c1csc(Nc2ccccn2)n1)N1CCc2ccccc21. The van der Waals surface area contributed by atoms with Gasteiger partial charge in [-0.25, -0.2) is 9.97 Å². The van der Waals surface area contributed by atoms with E-state index in [9.17, 15) is 4.79 Å². The number of benzene rings is 1. The molecule has 1 saturated heterocycles. The van der Waals surface area contributed by atoms with Gasteiger partial charge in [-0.2, -0.15) is 0 Å². The molecular weight excluding hydrogens is 382 g/mol. The highest BCUT2D eigenvalue weighted by atomic mass is 32.1. The van der Waals surface area contributed by atoms with Crippen molar-refractivity contribution >= 4 is 33.9 Å². The van der Waals surface area contributed by atoms with Crippen molar-refractivity contribution in [2.24, 2.45) is 0 Å². The number of aromatic nitrogens is 2. The van der Waals surface area contributed by atoms with Gasteiger partial charge in [0.25, 0.3) is 0 Å². The van der Waals surface area contributed by atoms with Gasteiger partial charge in [-0.3, -0.25) is 9.69 Å². The summed E-state index contributed by atoms with van der Waals surface area (Å²) in [5, 5.41) is 6.20. The van der Waals surface area contributed by atoms with E-state index in [1.165, 1.54) is 5.56 Å². The Labute approximate surface area is 174 Å². The van der Waals surface area contributed by atoms with Gasteiger partial charge in [-0.1, -0.05) is 24.3 Å². The van der Waals surface area contributed by atoms with E-state index in [1.807, 2.05) is 35.2 Å². The lowest BCUT2D eigenvalue weighted by Gasteiger charge is -2.25. The minimum Gasteiger partial charge on any atom is -0.316 e. The maximum atomic E-state index is 13.0. The maximum absolute atomic E-state index is 13.0. The van der Waals surface area contributed by atoms with Crippen molar-refractivity contribution in [1.82, 2.24) is 14.9 Å². The number of carbonyl (C=O) groups excluding carboxylic acids is 1. The number of likely N-dealkylation sites (tertiary alicyclic amines) is 1. The highest BCUT2D eigenvalue weighted by Crippen LogP contribution is 2.35. The second-order valence-corrected chi connectivity index (χ2v) is 8.33. The largest absolute Gasteiger partial charge is 0.316 e. The van der Waals surface area contributed by atoms with Crippen LogP contribution in [0, 0.1) is 0 Å². The molecule has 1 fully saturated rings. The van der Waals surface area contributed by atoms with E-state index in [0.717, 1.165) is 54.7 Å². The van der Waals surface area contributed by atoms with Crippen LogP contribution < -0.4 is 10.2 Å². The zero-order chi connectivity index (χ0) is 19.6. The zero-order valence-corrected chi connectivity index (χ0v) is 16.9. The van der Waals surface area contributed by atoms with Gasteiger partial charge in [-0.05, 0) is 49.6 Å². The third-order valence-corrected chi connectivity index (χ3v) is 6.43. The smallest absolute Gasteiger partial charge is 0.241 e. The van der Waals surface area contributed by atoms with Crippen LogP contribution >= 0.6 is 11.3 Å². The summed E-state index contributed by atoms with van der Waals surface area (Å²) in [7, 11) is 0. The number of hydrogen-bond acceptors (Lipinski definition) is 6. The fraction of sp³-hybridized carbons (Fsp3) is 0.318. The molecule has 0 bridgehead atoms. The molecule has 4 heterocycles. The summed E-state index contributed by atoms with van der Waals surface area (Å²) in [6, 6.07) is 14.2. The number of carbonyl (C=O) groups is 1. The van der Waals surface area contributed by atoms with Gasteiger partial charge in [0.1, 0.15) is 5.82 Å². The summed E-state index contributed by atoms with van der Waals surface area (Å²) in [6.07, 6.45) is 4.84. The summed E-state index contributed by atoms with van der Waals surface area (Å²) in [5.74, 6) is 0.975. The van der Waals surface area contributed by atoms with E-state index >= 15 is 0 Å². The Morgan fingerprint density at radius 3 is 2.97 bits per heavy atom. The Bertz CT molecular complexity index is 1010. The van der Waals surface area contributed by atoms with Crippen LogP contribution in [0.2, 0.25) is 0 Å². The van der Waals surface area contributed by atoms with E-state index in [4.69, 9.17) is 4.98 Å². The summed E-state index contributed by atoms with van der Waals surface area (Å²) >= 11 is 1.58. The molecule has 5 rings (SSSR count). The number of hydrogen-bond donors (Lipinski definition) is 1. The lowest BCUT2D eigenvalue weighted by atomic mass is 10.1. The van der Waals surface area contributed by atoms with Crippen molar-refractivity contribution in [2.45, 2.75) is 25.3 Å². The van der Waals surface area contributed by atoms with E-state index in [1.54, 1.807) is 17.5 Å². The monoisotopic (exact) mass is 405 g/mol. The van der Waals surface area contributed by atoms with Crippen LogP contribution in [0.25, 0.3) is 0 Å². The Morgan fingerprint density at radius 1 is 1.17 bits per heavy atom. The number of thiazole rings is 1. The van der Waals surface area contributed by atoms with Crippen molar-refractivity contribution in [3.8, 4) is 0 Å². The van der Waals surface area contributed by atoms with Crippen LogP contribution in [-0.2, 0) is 11.2 Å². The summed E-state index contributed by atoms with van der Waals surface area (Å²) < 4.78 is 0. The number of nitrogens with zero attached hydrogens (tertiary/aromatic N) is 4. The molecule has 0 radical (unpaired) electrons. The molecule has 2 aliphatic rings. The number of nitrogens with one attached hydrogen (secondary N) is 1. The van der Waals surface area contributed by atoms with Crippen LogP contribution in [0.15, 0.2) is 54.0 Å². The van der Waals surface area contributed by atoms with Crippen molar-refractivity contribution in [3.63, 3.8) is 0 Å². The molecule has 0 aliphatic carbocycles.